The molecule has 0 heterocycles. The molecule has 1 atom stereocenters. The number of benzene rings is 1. The number of nitro benzene ring substituents is 1. The summed E-state index contributed by atoms with van der Waals surface area (Å²) in [5, 5.41) is 19.5. The van der Waals surface area contributed by atoms with E-state index >= 15 is 0 Å². The molecule has 94 valence electrons. The Morgan fingerprint density at radius 1 is 1.47 bits per heavy atom. The van der Waals surface area contributed by atoms with E-state index in [0.29, 0.717) is 0 Å². The summed E-state index contributed by atoms with van der Waals surface area (Å²) in [7, 11) is -4.00. The Morgan fingerprint density at radius 3 is 2.59 bits per heavy atom. The summed E-state index contributed by atoms with van der Waals surface area (Å²) in [6.07, 6.45) is 0. The lowest BCUT2D eigenvalue weighted by Gasteiger charge is -2.11. The number of sulfonamides is 1. The molecule has 0 aromatic heterocycles. The van der Waals surface area contributed by atoms with Crippen LogP contribution < -0.4 is 4.72 Å². The van der Waals surface area contributed by atoms with Gasteiger partial charge in [0.15, 0.2) is 4.90 Å². The number of hydrogen-bond acceptors (Lipinski definition) is 5. The van der Waals surface area contributed by atoms with Gasteiger partial charge in [-0.05, 0) is 13.0 Å². The SMILES string of the molecule is CC(CO)NS(=O)(=O)c1ccccc1[N+](=O)[O-]. The molecule has 0 saturated carbocycles. The Balaban J connectivity index is 3.20. The maximum absolute atomic E-state index is 11.8. The summed E-state index contributed by atoms with van der Waals surface area (Å²) in [4.78, 5) is 9.51. The molecule has 8 heteroatoms. The average molecular weight is 260 g/mol. The van der Waals surface area contributed by atoms with Crippen LogP contribution in [0.1, 0.15) is 6.92 Å². The zero-order valence-electron chi connectivity index (χ0n) is 9.03. The summed E-state index contributed by atoms with van der Waals surface area (Å²) >= 11 is 0. The summed E-state index contributed by atoms with van der Waals surface area (Å²) in [6.45, 7) is 1.06. The van der Waals surface area contributed by atoms with Crippen LogP contribution in [0.4, 0.5) is 5.69 Å². The van der Waals surface area contributed by atoms with E-state index in [1.165, 1.54) is 19.1 Å². The monoisotopic (exact) mass is 260 g/mol. The number of para-hydroxylation sites is 1. The third-order valence-electron chi connectivity index (χ3n) is 1.98. The fourth-order valence-corrected chi connectivity index (χ4v) is 2.61. The average Bonchev–Trinajstić information content (AvgIpc) is 2.28. The maximum Gasteiger partial charge on any atom is 0.289 e. The molecular formula is C9H12N2O5S. The summed E-state index contributed by atoms with van der Waals surface area (Å²) in [5.74, 6) is 0. The number of aliphatic hydroxyl groups excluding tert-OH is 1. The first kappa shape index (κ1) is 13.6. The second-order valence-corrected chi connectivity index (χ2v) is 5.11. The molecule has 0 spiro atoms. The van der Waals surface area contributed by atoms with Gasteiger partial charge in [0, 0.05) is 12.1 Å². The predicted octanol–water partition coefficient (Wildman–Crippen LogP) is 0.254. The maximum atomic E-state index is 11.8. The Kier molecular flexibility index (Phi) is 4.16. The van der Waals surface area contributed by atoms with Gasteiger partial charge in [0.1, 0.15) is 0 Å². The molecule has 0 radical (unpaired) electrons. The summed E-state index contributed by atoms with van der Waals surface area (Å²) in [6, 6.07) is 4.32. The summed E-state index contributed by atoms with van der Waals surface area (Å²) in [5.41, 5.74) is -0.495. The third kappa shape index (κ3) is 3.22. The molecule has 0 saturated heterocycles. The van der Waals surface area contributed by atoms with Gasteiger partial charge in [0.25, 0.3) is 5.69 Å². The fourth-order valence-electron chi connectivity index (χ4n) is 1.20. The van der Waals surface area contributed by atoms with E-state index in [9.17, 15) is 18.5 Å². The van der Waals surface area contributed by atoms with Crippen LogP contribution in [-0.4, -0.2) is 31.1 Å². The van der Waals surface area contributed by atoms with Crippen LogP contribution in [0.3, 0.4) is 0 Å². The van der Waals surface area contributed by atoms with E-state index in [2.05, 4.69) is 4.72 Å². The Bertz CT molecular complexity index is 514. The van der Waals surface area contributed by atoms with Crippen LogP contribution in [0.25, 0.3) is 0 Å². The van der Waals surface area contributed by atoms with Crippen molar-refractivity contribution < 1.29 is 18.4 Å². The number of hydrogen-bond donors (Lipinski definition) is 2. The van der Waals surface area contributed by atoms with E-state index in [-0.39, 0.29) is 6.61 Å². The van der Waals surface area contributed by atoms with Gasteiger partial charge in [-0.3, -0.25) is 10.1 Å². The van der Waals surface area contributed by atoms with Gasteiger partial charge < -0.3 is 5.11 Å². The van der Waals surface area contributed by atoms with Gasteiger partial charge in [-0.1, -0.05) is 12.1 Å². The number of nitro groups is 1. The van der Waals surface area contributed by atoms with E-state index in [0.717, 1.165) is 12.1 Å². The fraction of sp³-hybridized carbons (Fsp3) is 0.333. The highest BCUT2D eigenvalue weighted by Crippen LogP contribution is 2.22. The predicted molar refractivity (Wildman–Crippen MR) is 60.0 cm³/mol. The van der Waals surface area contributed by atoms with Crippen molar-refractivity contribution in [1.29, 1.82) is 0 Å². The van der Waals surface area contributed by atoms with Crippen LogP contribution in [0.2, 0.25) is 0 Å². The second kappa shape index (κ2) is 5.21. The van der Waals surface area contributed by atoms with Crippen LogP contribution in [0.5, 0.6) is 0 Å². The first-order valence-corrected chi connectivity index (χ1v) is 6.23. The second-order valence-electron chi connectivity index (χ2n) is 3.43. The van der Waals surface area contributed by atoms with Crippen molar-refractivity contribution in [2.75, 3.05) is 6.61 Å². The van der Waals surface area contributed by atoms with Crippen LogP contribution in [0, 0.1) is 10.1 Å². The highest BCUT2D eigenvalue weighted by Gasteiger charge is 2.26. The van der Waals surface area contributed by atoms with Crippen LogP contribution >= 0.6 is 0 Å². The molecule has 0 fully saturated rings. The first-order chi connectivity index (χ1) is 7.88. The van der Waals surface area contributed by atoms with Gasteiger partial charge >= 0.3 is 0 Å². The number of rotatable bonds is 5. The third-order valence-corrected chi connectivity index (χ3v) is 3.62. The van der Waals surface area contributed by atoms with Crippen molar-refractivity contribution in [2.24, 2.45) is 0 Å². The molecule has 2 N–H and O–H groups in total. The Hall–Kier alpha value is -1.51. The minimum atomic E-state index is -4.00. The zero-order valence-corrected chi connectivity index (χ0v) is 9.85. The quantitative estimate of drug-likeness (QED) is 0.582. The van der Waals surface area contributed by atoms with Crippen LogP contribution in [0.15, 0.2) is 29.2 Å². The van der Waals surface area contributed by atoms with Crippen molar-refractivity contribution in [1.82, 2.24) is 4.72 Å². The van der Waals surface area contributed by atoms with Gasteiger partial charge in [0.05, 0.1) is 11.5 Å². The molecule has 0 amide bonds. The van der Waals surface area contributed by atoms with Gasteiger partial charge in [-0.15, -0.1) is 0 Å². The number of nitrogens with zero attached hydrogens (tertiary/aromatic N) is 1. The van der Waals surface area contributed by atoms with Crippen molar-refractivity contribution in [3.63, 3.8) is 0 Å². The van der Waals surface area contributed by atoms with E-state index in [1.54, 1.807) is 0 Å². The molecule has 0 aliphatic carbocycles. The van der Waals surface area contributed by atoms with Gasteiger partial charge in [-0.25, -0.2) is 13.1 Å². The topological polar surface area (TPSA) is 110 Å². The van der Waals surface area contributed by atoms with Crippen molar-refractivity contribution in [3.05, 3.63) is 34.4 Å². The molecular weight excluding hydrogens is 248 g/mol. The smallest absolute Gasteiger partial charge is 0.289 e. The lowest BCUT2D eigenvalue weighted by molar-refractivity contribution is -0.387. The molecule has 1 unspecified atom stereocenters. The highest BCUT2D eigenvalue weighted by molar-refractivity contribution is 7.89. The molecule has 17 heavy (non-hydrogen) atoms. The minimum absolute atomic E-state index is 0.389. The molecule has 1 rings (SSSR count). The van der Waals surface area contributed by atoms with Crippen molar-refractivity contribution >= 4 is 15.7 Å². The van der Waals surface area contributed by atoms with E-state index in [4.69, 9.17) is 5.11 Å². The van der Waals surface area contributed by atoms with E-state index < -0.39 is 31.6 Å². The zero-order chi connectivity index (χ0) is 13.1. The Morgan fingerprint density at radius 2 is 2.06 bits per heavy atom. The normalized spacial score (nSPS) is 13.3. The standard InChI is InChI=1S/C9H12N2O5S/c1-7(6-12)10-17(15,16)9-5-3-2-4-8(9)11(13)14/h2-5,7,10,12H,6H2,1H3. The molecule has 7 nitrogen and oxygen atoms in total. The molecule has 0 aliphatic heterocycles. The molecule has 0 bridgehead atoms. The van der Waals surface area contributed by atoms with Gasteiger partial charge in [0.2, 0.25) is 10.0 Å². The first-order valence-electron chi connectivity index (χ1n) is 4.75. The molecule has 1 aromatic rings. The lowest BCUT2D eigenvalue weighted by Crippen LogP contribution is -2.35. The van der Waals surface area contributed by atoms with Crippen LogP contribution in [-0.2, 0) is 10.0 Å². The highest BCUT2D eigenvalue weighted by atomic mass is 32.2. The molecule has 0 aliphatic rings. The molecule has 1 aromatic carbocycles. The minimum Gasteiger partial charge on any atom is -0.395 e. The van der Waals surface area contributed by atoms with Crippen molar-refractivity contribution in [3.8, 4) is 0 Å². The summed E-state index contributed by atoms with van der Waals surface area (Å²) < 4.78 is 25.7. The largest absolute Gasteiger partial charge is 0.395 e. The number of nitrogens with one attached hydrogen (secondary N) is 1. The van der Waals surface area contributed by atoms with Crippen molar-refractivity contribution in [2.45, 2.75) is 17.9 Å². The lowest BCUT2D eigenvalue weighted by atomic mass is 10.3. The Labute approximate surface area is 98.3 Å². The van der Waals surface area contributed by atoms with E-state index in [1.807, 2.05) is 0 Å². The van der Waals surface area contributed by atoms with Gasteiger partial charge in [-0.2, -0.15) is 0 Å². The number of aliphatic hydroxyl groups is 1.